The van der Waals surface area contributed by atoms with Gasteiger partial charge < -0.3 is 9.45 Å². The first kappa shape index (κ1) is 25.7. The molecular weight excluding hydrogens is 448 g/mol. The highest BCUT2D eigenvalue weighted by atomic mass is 32.3. The van der Waals surface area contributed by atoms with Crippen LogP contribution in [0.2, 0.25) is 0 Å². The molecule has 5 nitrogen and oxygen atoms in total. The van der Waals surface area contributed by atoms with Crippen molar-refractivity contribution in [2.45, 2.75) is 44.1 Å². The van der Waals surface area contributed by atoms with E-state index in [1.54, 1.807) is 0 Å². The third-order valence-corrected chi connectivity index (χ3v) is 8.12. The predicted octanol–water partition coefficient (Wildman–Crippen LogP) is 2.72. The van der Waals surface area contributed by atoms with Crippen LogP contribution in [-0.4, -0.2) is 45.5 Å². The van der Waals surface area contributed by atoms with Crippen molar-refractivity contribution in [2.75, 3.05) is 13.1 Å². The van der Waals surface area contributed by atoms with E-state index in [1.807, 2.05) is 13.8 Å². The normalized spacial score (nSPS) is 17.0. The second-order valence-electron chi connectivity index (χ2n) is 6.27. The maximum atomic E-state index is 12.9. The summed E-state index contributed by atoms with van der Waals surface area (Å²) in [6.45, 7) is 5.38. The molecule has 0 radical (unpaired) electrons. The van der Waals surface area contributed by atoms with E-state index in [-0.39, 0.29) is 5.56 Å². The van der Waals surface area contributed by atoms with Crippen LogP contribution in [0.4, 0.5) is 32.0 Å². The third-order valence-electron chi connectivity index (χ3n) is 4.04. The van der Waals surface area contributed by atoms with Crippen molar-refractivity contribution in [3.8, 4) is 0 Å². The van der Waals surface area contributed by atoms with Crippen molar-refractivity contribution in [3.05, 3.63) is 29.8 Å². The van der Waals surface area contributed by atoms with E-state index in [4.69, 9.17) is 0 Å². The van der Waals surface area contributed by atoms with Crippen LogP contribution in [0.1, 0.15) is 32.3 Å². The first-order valence-corrected chi connectivity index (χ1v) is 11.5. The second kappa shape index (κ2) is 9.23. The number of hydrogen-bond acceptors (Lipinski definition) is 3. The molecule has 2 unspecified atom stereocenters. The molecule has 2 N–H and O–H groups in total. The van der Waals surface area contributed by atoms with Gasteiger partial charge in [-0.3, -0.25) is 4.21 Å². The highest BCUT2D eigenvalue weighted by Crippen LogP contribution is 2.32. The zero-order chi connectivity index (χ0) is 22.7. The Morgan fingerprint density at radius 3 is 1.76 bits per heavy atom. The zero-order valence-corrected chi connectivity index (χ0v) is 17.2. The molecule has 1 aromatic rings. The smallest absolute Gasteiger partial charge is 0.549 e. The molecule has 0 aliphatic rings. The Labute approximate surface area is 165 Å². The molecule has 0 bridgehead atoms. The fourth-order valence-electron chi connectivity index (χ4n) is 2.64. The monoisotopic (exact) mass is 470 g/mol. The Bertz CT molecular complexity index is 908. The van der Waals surface area contributed by atoms with Crippen molar-refractivity contribution < 1.29 is 48.4 Å². The van der Waals surface area contributed by atoms with Gasteiger partial charge in [0.05, 0.1) is 13.1 Å². The van der Waals surface area contributed by atoms with Crippen molar-refractivity contribution in [3.63, 3.8) is 0 Å². The van der Waals surface area contributed by atoms with Gasteiger partial charge in [-0.1, -0.05) is 26.0 Å². The molecule has 1 aromatic carbocycles. The molecule has 2 atom stereocenters. The Kier molecular flexibility index (Phi) is 8.19. The lowest BCUT2D eigenvalue weighted by molar-refractivity contribution is -0.832. The van der Waals surface area contributed by atoms with E-state index >= 15 is 0 Å². The van der Waals surface area contributed by atoms with Crippen LogP contribution in [0, 0.1) is 0 Å². The van der Waals surface area contributed by atoms with Gasteiger partial charge in [0, 0.05) is 16.2 Å². The molecule has 0 saturated carbocycles. The molecule has 0 aromatic heterocycles. The fourth-order valence-corrected chi connectivity index (χ4v) is 5.63. The third kappa shape index (κ3) is 5.86. The average molecular weight is 470 g/mol. The lowest BCUT2D eigenvalue weighted by atomic mass is 10.1. The molecular formula is C16H22F6NO4S2+. The largest absolute Gasteiger partial charge is 0.770 e. The molecule has 0 saturated heterocycles. The van der Waals surface area contributed by atoms with Crippen molar-refractivity contribution in [1.82, 2.24) is 0 Å². The van der Waals surface area contributed by atoms with Crippen LogP contribution in [0.15, 0.2) is 24.3 Å². The van der Waals surface area contributed by atoms with Gasteiger partial charge in [0.25, 0.3) is 0 Å². The minimum atomic E-state index is -6.66. The highest BCUT2D eigenvalue weighted by Gasteiger charge is 2.57. The zero-order valence-electron chi connectivity index (χ0n) is 15.6. The lowest BCUT2D eigenvalue weighted by Gasteiger charge is -2.23. The van der Waals surface area contributed by atoms with E-state index in [0.717, 1.165) is 48.7 Å². The van der Waals surface area contributed by atoms with E-state index in [9.17, 15) is 43.5 Å². The minimum Gasteiger partial charge on any atom is -0.770 e. The van der Waals surface area contributed by atoms with E-state index in [2.05, 4.69) is 0 Å². The van der Waals surface area contributed by atoms with Crippen LogP contribution in [0.3, 0.4) is 0 Å². The van der Waals surface area contributed by atoms with Crippen LogP contribution < -0.4 is 4.90 Å². The summed E-state index contributed by atoms with van der Waals surface area (Å²) in [5.41, 5.74) is -11.8. The number of nitrogens with one attached hydrogen (secondary N) is 1. The Hall–Kier alpha value is -1.31. The number of alkyl halides is 6. The Balaban J connectivity index is 3.48. The van der Waals surface area contributed by atoms with Crippen molar-refractivity contribution in [1.29, 1.82) is 0 Å². The van der Waals surface area contributed by atoms with Crippen LogP contribution in [0.25, 0.3) is 0 Å². The summed E-state index contributed by atoms with van der Waals surface area (Å²) in [5, 5.41) is 0. The van der Waals surface area contributed by atoms with Crippen molar-refractivity contribution >= 4 is 29.5 Å². The summed E-state index contributed by atoms with van der Waals surface area (Å²) in [5.74, 6) is 0. The number of quaternary nitrogens is 1. The number of rotatable bonds is 7. The first-order chi connectivity index (χ1) is 13.1. The quantitative estimate of drug-likeness (QED) is 0.378. The molecule has 0 amide bonds. The summed E-state index contributed by atoms with van der Waals surface area (Å²) < 4.78 is 119. The van der Waals surface area contributed by atoms with Gasteiger partial charge in [0.1, 0.15) is 5.69 Å². The van der Waals surface area contributed by atoms with Gasteiger partial charge in [-0.05, 0) is 30.5 Å². The van der Waals surface area contributed by atoms with E-state index < -0.39 is 41.3 Å². The summed E-state index contributed by atoms with van der Waals surface area (Å²) in [4.78, 5) is 1.04. The SMILES string of the molecule is CCC[NH+](CCC)c1ccc(CC(S(=O)(=[OH+])C(F)(F)F)=S(=O)([O-])C(F)(F)F)cc1. The number of hydrogen-bond donors (Lipinski definition) is 1. The second-order valence-corrected chi connectivity index (χ2v) is 10.5. The summed E-state index contributed by atoms with van der Waals surface area (Å²) in [6, 6.07) is 5.19. The van der Waals surface area contributed by atoms with Gasteiger partial charge in [-0.25, -0.2) is 4.21 Å². The summed E-state index contributed by atoms with van der Waals surface area (Å²) >= 11 is 0. The minimum absolute atomic E-state index is 0.269. The van der Waals surface area contributed by atoms with Crippen molar-refractivity contribution in [2.24, 2.45) is 0 Å². The van der Waals surface area contributed by atoms with Gasteiger partial charge >= 0.3 is 20.9 Å². The first-order valence-electron chi connectivity index (χ1n) is 8.53. The Morgan fingerprint density at radius 1 is 0.966 bits per heavy atom. The molecule has 0 aliphatic carbocycles. The molecule has 29 heavy (non-hydrogen) atoms. The average Bonchev–Trinajstić information content (AvgIpc) is 2.57. The van der Waals surface area contributed by atoms with Gasteiger partial charge in [-0.2, -0.15) is 30.6 Å². The molecule has 13 heteroatoms. The predicted molar refractivity (Wildman–Crippen MR) is 97.2 cm³/mol. The van der Waals surface area contributed by atoms with Gasteiger partial charge in [-0.15, -0.1) is 0 Å². The summed E-state index contributed by atoms with van der Waals surface area (Å²) in [6.07, 6.45) is 0.168. The molecule has 1 rings (SSSR count). The standard InChI is InChI=1S/C16H21F6NO4S2/c1-3-9-23(10-4-2)13-7-5-12(6-8-13)11-14(28(24,25)15(17,18)19)29(26,27)16(20,21)22/h5-8H,3-4,9-11H2,1-2H3,(H,24,25)/p+1. The fraction of sp³-hybridized carbons (Fsp3) is 0.562. The van der Waals surface area contributed by atoms with Gasteiger partial charge in [0.2, 0.25) is 0 Å². The number of benzene rings is 1. The van der Waals surface area contributed by atoms with Crippen LogP contribution in [0.5, 0.6) is 0 Å². The molecule has 0 aliphatic heterocycles. The van der Waals surface area contributed by atoms with Crippen LogP contribution in [-0.2, 0) is 26.1 Å². The van der Waals surface area contributed by atoms with Gasteiger partial charge in [0.15, 0.2) is 4.20 Å². The highest BCUT2D eigenvalue weighted by molar-refractivity contribution is 8.22. The maximum absolute atomic E-state index is 12.9. The number of halogens is 6. The Morgan fingerprint density at radius 2 is 1.41 bits per heavy atom. The lowest BCUT2D eigenvalue weighted by Crippen LogP contribution is -3.07. The van der Waals surface area contributed by atoms with E-state index in [1.165, 1.54) is 12.1 Å². The van der Waals surface area contributed by atoms with Crippen LogP contribution >= 0.6 is 0 Å². The topological polar surface area (TPSA) is 83.0 Å². The molecule has 168 valence electrons. The molecule has 0 heterocycles. The maximum Gasteiger partial charge on any atom is 0.549 e. The summed E-state index contributed by atoms with van der Waals surface area (Å²) in [7, 11) is -13.1. The molecule has 0 fully saturated rings. The van der Waals surface area contributed by atoms with E-state index in [0.29, 0.717) is 0 Å². The molecule has 0 spiro atoms.